The third kappa shape index (κ3) is 2.84. The molecule has 3 rings (SSSR count). The lowest BCUT2D eigenvalue weighted by molar-refractivity contribution is -0.121. The molecule has 2 aromatic rings. The van der Waals surface area contributed by atoms with E-state index in [2.05, 4.69) is 5.32 Å². The first-order chi connectivity index (χ1) is 10.1. The molecule has 0 fully saturated rings. The van der Waals surface area contributed by atoms with E-state index < -0.39 is 0 Å². The zero-order valence-corrected chi connectivity index (χ0v) is 11.8. The maximum atomic E-state index is 12.3. The van der Waals surface area contributed by atoms with Crippen molar-refractivity contribution < 1.29 is 14.6 Å². The van der Waals surface area contributed by atoms with E-state index in [-0.39, 0.29) is 17.6 Å². The Morgan fingerprint density at radius 2 is 2.10 bits per heavy atom. The fraction of sp³-hybridized carbons (Fsp3) is 0.235. The number of hydrogen-bond donors (Lipinski definition) is 2. The number of carbonyl (C=O) groups is 1. The molecule has 1 aliphatic rings. The van der Waals surface area contributed by atoms with Crippen LogP contribution in [-0.2, 0) is 11.2 Å². The average molecular weight is 283 g/mol. The first-order valence-corrected chi connectivity index (χ1v) is 6.94. The number of carbonyl (C=O) groups excluding carboxylic acids is 1. The standard InChI is InChI=1S/C17H17NO3/c1-11-6-7-14(15(19)8-11)18-17(20)13-9-12-4-2-3-5-16(12)21-10-13/h2-8,13,19H,9-10H2,1H3,(H,18,20). The van der Waals surface area contributed by atoms with E-state index in [1.165, 1.54) is 0 Å². The van der Waals surface area contributed by atoms with Gasteiger partial charge in [-0.25, -0.2) is 0 Å². The molecule has 0 radical (unpaired) electrons. The summed E-state index contributed by atoms with van der Waals surface area (Å²) in [5.41, 5.74) is 2.42. The minimum Gasteiger partial charge on any atom is -0.506 e. The molecule has 21 heavy (non-hydrogen) atoms. The Hall–Kier alpha value is -2.49. The largest absolute Gasteiger partial charge is 0.506 e. The summed E-state index contributed by atoms with van der Waals surface area (Å²) in [4.78, 5) is 12.3. The van der Waals surface area contributed by atoms with Gasteiger partial charge in [-0.05, 0) is 42.7 Å². The van der Waals surface area contributed by atoms with Crippen LogP contribution in [-0.4, -0.2) is 17.6 Å². The zero-order valence-electron chi connectivity index (χ0n) is 11.8. The highest BCUT2D eigenvalue weighted by atomic mass is 16.5. The third-order valence-electron chi connectivity index (χ3n) is 3.66. The third-order valence-corrected chi connectivity index (χ3v) is 3.66. The Balaban J connectivity index is 1.72. The van der Waals surface area contributed by atoms with Gasteiger partial charge in [-0.3, -0.25) is 4.79 Å². The highest BCUT2D eigenvalue weighted by molar-refractivity contribution is 5.94. The SMILES string of the molecule is Cc1ccc(NC(=O)C2COc3ccccc3C2)c(O)c1. The van der Waals surface area contributed by atoms with Crippen molar-refractivity contribution in [3.05, 3.63) is 53.6 Å². The van der Waals surface area contributed by atoms with Crippen molar-refractivity contribution in [1.29, 1.82) is 0 Å². The molecule has 4 nitrogen and oxygen atoms in total. The van der Waals surface area contributed by atoms with E-state index in [1.54, 1.807) is 12.1 Å². The monoisotopic (exact) mass is 283 g/mol. The number of amides is 1. The number of hydrogen-bond acceptors (Lipinski definition) is 3. The number of benzene rings is 2. The van der Waals surface area contributed by atoms with Gasteiger partial charge in [0.25, 0.3) is 0 Å². The van der Waals surface area contributed by atoms with Gasteiger partial charge in [0.1, 0.15) is 18.1 Å². The number of phenolic OH excluding ortho intramolecular Hbond substituents is 1. The fourth-order valence-electron chi connectivity index (χ4n) is 2.48. The lowest BCUT2D eigenvalue weighted by atomic mass is 9.96. The second-order valence-electron chi connectivity index (χ2n) is 5.33. The van der Waals surface area contributed by atoms with Crippen molar-refractivity contribution in [3.63, 3.8) is 0 Å². The van der Waals surface area contributed by atoms with Gasteiger partial charge in [-0.1, -0.05) is 24.3 Å². The first-order valence-electron chi connectivity index (χ1n) is 6.94. The molecule has 1 atom stereocenters. The molecule has 0 aliphatic carbocycles. The lowest BCUT2D eigenvalue weighted by Crippen LogP contribution is -2.32. The number of aryl methyl sites for hydroxylation is 1. The maximum absolute atomic E-state index is 12.3. The molecular formula is C17H17NO3. The number of nitrogens with one attached hydrogen (secondary N) is 1. The number of para-hydroxylation sites is 1. The Kier molecular flexibility index (Phi) is 3.52. The van der Waals surface area contributed by atoms with Crippen molar-refractivity contribution in [2.45, 2.75) is 13.3 Å². The average Bonchev–Trinajstić information content (AvgIpc) is 2.49. The number of phenols is 1. The van der Waals surface area contributed by atoms with Gasteiger partial charge in [0, 0.05) is 0 Å². The van der Waals surface area contributed by atoms with E-state index in [0.717, 1.165) is 16.9 Å². The number of anilines is 1. The van der Waals surface area contributed by atoms with Gasteiger partial charge >= 0.3 is 0 Å². The van der Waals surface area contributed by atoms with Gasteiger partial charge in [0.15, 0.2) is 0 Å². The quantitative estimate of drug-likeness (QED) is 0.833. The smallest absolute Gasteiger partial charge is 0.231 e. The molecule has 108 valence electrons. The molecule has 1 aliphatic heterocycles. The van der Waals surface area contributed by atoms with E-state index in [9.17, 15) is 9.90 Å². The van der Waals surface area contributed by atoms with Crippen LogP contribution in [0.25, 0.3) is 0 Å². The van der Waals surface area contributed by atoms with Crippen molar-refractivity contribution in [1.82, 2.24) is 0 Å². The van der Waals surface area contributed by atoms with Gasteiger partial charge in [-0.2, -0.15) is 0 Å². The summed E-state index contributed by atoms with van der Waals surface area (Å²) in [7, 11) is 0. The lowest BCUT2D eigenvalue weighted by Gasteiger charge is -2.24. The summed E-state index contributed by atoms with van der Waals surface area (Å²) >= 11 is 0. The highest BCUT2D eigenvalue weighted by Gasteiger charge is 2.26. The Bertz CT molecular complexity index is 681. The molecule has 0 saturated heterocycles. The molecule has 1 heterocycles. The summed E-state index contributed by atoms with van der Waals surface area (Å²) in [6, 6.07) is 12.9. The topological polar surface area (TPSA) is 58.6 Å². The molecule has 2 N–H and O–H groups in total. The van der Waals surface area contributed by atoms with Gasteiger partial charge in [-0.15, -0.1) is 0 Å². The summed E-state index contributed by atoms with van der Waals surface area (Å²) < 4.78 is 5.62. The van der Waals surface area contributed by atoms with Gasteiger partial charge in [0.2, 0.25) is 5.91 Å². The van der Waals surface area contributed by atoms with Crippen LogP contribution >= 0.6 is 0 Å². The fourth-order valence-corrected chi connectivity index (χ4v) is 2.48. The molecular weight excluding hydrogens is 266 g/mol. The minimum atomic E-state index is -0.249. The van der Waals surface area contributed by atoms with Crippen LogP contribution in [0.4, 0.5) is 5.69 Å². The Morgan fingerprint density at radius 3 is 2.90 bits per heavy atom. The second kappa shape index (κ2) is 5.48. The van der Waals surface area contributed by atoms with Crippen LogP contribution in [0.3, 0.4) is 0 Å². The van der Waals surface area contributed by atoms with Crippen molar-refractivity contribution in [2.24, 2.45) is 5.92 Å². The molecule has 4 heteroatoms. The van der Waals surface area contributed by atoms with Crippen molar-refractivity contribution in [2.75, 3.05) is 11.9 Å². The number of aromatic hydroxyl groups is 1. The predicted molar refractivity (Wildman–Crippen MR) is 80.6 cm³/mol. The van der Waals surface area contributed by atoms with Crippen LogP contribution in [0.15, 0.2) is 42.5 Å². The molecule has 0 spiro atoms. The van der Waals surface area contributed by atoms with E-state index in [4.69, 9.17) is 4.74 Å². The molecule has 0 bridgehead atoms. The Labute approximate surface area is 123 Å². The zero-order chi connectivity index (χ0) is 14.8. The molecule has 1 unspecified atom stereocenters. The van der Waals surface area contributed by atoms with Crippen LogP contribution < -0.4 is 10.1 Å². The van der Waals surface area contributed by atoms with Crippen LogP contribution in [0.1, 0.15) is 11.1 Å². The highest BCUT2D eigenvalue weighted by Crippen LogP contribution is 2.29. The van der Waals surface area contributed by atoms with Crippen LogP contribution in [0, 0.1) is 12.8 Å². The molecule has 0 aromatic heterocycles. The predicted octanol–water partition coefficient (Wildman–Crippen LogP) is 2.89. The minimum absolute atomic E-state index is 0.0838. The molecule has 0 saturated carbocycles. The van der Waals surface area contributed by atoms with Crippen molar-refractivity contribution in [3.8, 4) is 11.5 Å². The summed E-state index contributed by atoms with van der Waals surface area (Å²) in [6.45, 7) is 2.24. The van der Waals surface area contributed by atoms with Crippen LogP contribution in [0.5, 0.6) is 11.5 Å². The summed E-state index contributed by atoms with van der Waals surface area (Å²) in [5.74, 6) is 0.546. The number of fused-ring (bicyclic) bond motifs is 1. The van der Waals surface area contributed by atoms with Gasteiger partial charge < -0.3 is 15.2 Å². The van der Waals surface area contributed by atoms with E-state index in [1.807, 2.05) is 37.3 Å². The molecule has 1 amide bonds. The van der Waals surface area contributed by atoms with E-state index in [0.29, 0.717) is 18.7 Å². The second-order valence-corrected chi connectivity index (χ2v) is 5.33. The normalized spacial score (nSPS) is 16.7. The van der Waals surface area contributed by atoms with Gasteiger partial charge in [0.05, 0.1) is 11.6 Å². The number of ether oxygens (including phenoxy) is 1. The summed E-state index contributed by atoms with van der Waals surface area (Å²) in [5, 5.41) is 12.6. The van der Waals surface area contributed by atoms with Crippen molar-refractivity contribution >= 4 is 11.6 Å². The summed E-state index contributed by atoms with van der Waals surface area (Å²) in [6.07, 6.45) is 0.647. The van der Waals surface area contributed by atoms with E-state index >= 15 is 0 Å². The Morgan fingerprint density at radius 1 is 1.29 bits per heavy atom. The van der Waals surface area contributed by atoms with Crippen LogP contribution in [0.2, 0.25) is 0 Å². The first kappa shape index (κ1) is 13.5. The molecule has 2 aromatic carbocycles. The maximum Gasteiger partial charge on any atom is 0.231 e. The number of rotatable bonds is 2.